The molecule has 2 aromatic rings. The lowest BCUT2D eigenvalue weighted by atomic mass is 10.1. The molecule has 0 unspecified atom stereocenters. The topological polar surface area (TPSA) is 66.5 Å². The highest BCUT2D eigenvalue weighted by molar-refractivity contribution is 7.89. The lowest BCUT2D eigenvalue weighted by molar-refractivity contribution is -0.122. The van der Waals surface area contributed by atoms with Crippen molar-refractivity contribution in [2.45, 2.75) is 50.5 Å². The van der Waals surface area contributed by atoms with E-state index in [1.807, 2.05) is 26.0 Å². The van der Waals surface area contributed by atoms with Gasteiger partial charge >= 0.3 is 0 Å². The maximum Gasteiger partial charge on any atom is 0.243 e. The maximum absolute atomic E-state index is 12.7. The number of sulfonamides is 1. The minimum absolute atomic E-state index is 0.0282. The highest BCUT2D eigenvalue weighted by Crippen LogP contribution is 2.21. The van der Waals surface area contributed by atoms with E-state index < -0.39 is 10.0 Å². The molecule has 2 aromatic carbocycles. The first-order valence-electron chi connectivity index (χ1n) is 9.76. The molecule has 1 amide bonds. The second kappa shape index (κ2) is 8.88. The summed E-state index contributed by atoms with van der Waals surface area (Å²) in [4.78, 5) is 12.6. The molecule has 150 valence electrons. The Kier molecular flexibility index (Phi) is 6.52. The summed E-state index contributed by atoms with van der Waals surface area (Å²) in [5.74, 6) is 0.0282. The maximum atomic E-state index is 12.7. The highest BCUT2D eigenvalue weighted by atomic mass is 32.2. The average molecular weight is 401 g/mol. The van der Waals surface area contributed by atoms with Crippen LogP contribution in [0.15, 0.2) is 53.4 Å². The van der Waals surface area contributed by atoms with Crippen LogP contribution in [-0.4, -0.2) is 37.8 Å². The molecule has 28 heavy (non-hydrogen) atoms. The fraction of sp³-hybridized carbons (Fsp3) is 0.409. The van der Waals surface area contributed by atoms with Gasteiger partial charge in [0.25, 0.3) is 0 Å². The van der Waals surface area contributed by atoms with Crippen LogP contribution >= 0.6 is 0 Å². The van der Waals surface area contributed by atoms with Gasteiger partial charge in [-0.25, -0.2) is 8.42 Å². The van der Waals surface area contributed by atoms with E-state index in [1.165, 1.54) is 9.87 Å². The van der Waals surface area contributed by atoms with Gasteiger partial charge in [-0.1, -0.05) is 47.5 Å². The van der Waals surface area contributed by atoms with Gasteiger partial charge in [0.2, 0.25) is 15.9 Å². The average Bonchev–Trinajstić information content (AvgIpc) is 2.68. The van der Waals surface area contributed by atoms with Crippen molar-refractivity contribution in [2.24, 2.45) is 0 Å². The van der Waals surface area contributed by atoms with E-state index in [0.29, 0.717) is 43.7 Å². The largest absolute Gasteiger partial charge is 0.353 e. The summed E-state index contributed by atoms with van der Waals surface area (Å²) < 4.78 is 27.0. The van der Waals surface area contributed by atoms with Gasteiger partial charge in [-0.15, -0.1) is 0 Å². The standard InChI is InChI=1S/C22H28N2O3S/c1-17-3-7-19(8-4-17)9-12-22(25)23-20-13-15-24(16-14-20)28(26,27)21-10-5-18(2)6-11-21/h3-8,10-11,20H,9,12-16H2,1-2H3,(H,23,25). The number of nitrogens with one attached hydrogen (secondary N) is 1. The molecule has 0 saturated carbocycles. The van der Waals surface area contributed by atoms with Crippen molar-refractivity contribution in [3.8, 4) is 0 Å². The summed E-state index contributed by atoms with van der Waals surface area (Å²) in [5.41, 5.74) is 3.39. The first-order chi connectivity index (χ1) is 13.3. The number of hydrogen-bond acceptors (Lipinski definition) is 3. The third-order valence-corrected chi connectivity index (χ3v) is 7.15. The van der Waals surface area contributed by atoms with E-state index in [1.54, 1.807) is 12.1 Å². The molecule has 1 saturated heterocycles. The number of benzene rings is 2. The van der Waals surface area contributed by atoms with Crippen LogP contribution in [0.2, 0.25) is 0 Å². The zero-order chi connectivity index (χ0) is 20.1. The van der Waals surface area contributed by atoms with Crippen molar-refractivity contribution in [3.05, 3.63) is 65.2 Å². The van der Waals surface area contributed by atoms with Crippen molar-refractivity contribution in [3.63, 3.8) is 0 Å². The quantitative estimate of drug-likeness (QED) is 0.810. The number of rotatable bonds is 6. The summed E-state index contributed by atoms with van der Waals surface area (Å²) in [6.07, 6.45) is 2.44. The molecular formula is C22H28N2O3S. The number of nitrogens with zero attached hydrogens (tertiary/aromatic N) is 1. The SMILES string of the molecule is Cc1ccc(CCC(=O)NC2CCN(S(=O)(=O)c3ccc(C)cc3)CC2)cc1. The molecule has 0 aliphatic carbocycles. The number of aryl methyl sites for hydroxylation is 3. The fourth-order valence-electron chi connectivity index (χ4n) is 3.41. The van der Waals surface area contributed by atoms with Gasteiger partial charge in [0.1, 0.15) is 0 Å². The minimum Gasteiger partial charge on any atom is -0.353 e. The Hall–Kier alpha value is -2.18. The predicted octanol–water partition coefficient (Wildman–Crippen LogP) is 3.21. The molecule has 1 heterocycles. The van der Waals surface area contributed by atoms with Crippen LogP contribution in [0.25, 0.3) is 0 Å². The Bertz CT molecular complexity index is 898. The van der Waals surface area contributed by atoms with Crippen LogP contribution in [0.3, 0.4) is 0 Å². The highest BCUT2D eigenvalue weighted by Gasteiger charge is 2.29. The third-order valence-electron chi connectivity index (χ3n) is 5.24. The molecule has 0 radical (unpaired) electrons. The summed E-state index contributed by atoms with van der Waals surface area (Å²) >= 11 is 0. The molecule has 1 aliphatic rings. The van der Waals surface area contributed by atoms with Gasteiger partial charge in [-0.2, -0.15) is 4.31 Å². The Morgan fingerprint density at radius 1 is 0.964 bits per heavy atom. The minimum atomic E-state index is -3.46. The number of hydrogen-bond donors (Lipinski definition) is 1. The fourth-order valence-corrected chi connectivity index (χ4v) is 4.88. The number of piperidine rings is 1. The van der Waals surface area contributed by atoms with E-state index in [-0.39, 0.29) is 11.9 Å². The molecule has 3 rings (SSSR count). The normalized spacial score (nSPS) is 16.1. The summed E-state index contributed by atoms with van der Waals surface area (Å²) in [7, 11) is -3.46. The Morgan fingerprint density at radius 2 is 1.50 bits per heavy atom. The predicted molar refractivity (Wildman–Crippen MR) is 111 cm³/mol. The molecule has 0 atom stereocenters. The lowest BCUT2D eigenvalue weighted by Gasteiger charge is -2.31. The zero-order valence-electron chi connectivity index (χ0n) is 16.5. The molecule has 1 aliphatic heterocycles. The summed E-state index contributed by atoms with van der Waals surface area (Å²) in [6, 6.07) is 15.2. The van der Waals surface area contributed by atoms with Gasteiger partial charge in [-0.3, -0.25) is 4.79 Å². The molecular weight excluding hydrogens is 372 g/mol. The van der Waals surface area contributed by atoms with E-state index in [2.05, 4.69) is 29.6 Å². The smallest absolute Gasteiger partial charge is 0.243 e. The number of carbonyl (C=O) groups is 1. The van der Waals surface area contributed by atoms with Gasteiger partial charge in [0.15, 0.2) is 0 Å². The van der Waals surface area contributed by atoms with Gasteiger partial charge in [0, 0.05) is 25.6 Å². The first-order valence-corrected chi connectivity index (χ1v) is 11.2. The van der Waals surface area contributed by atoms with Crippen LogP contribution in [0, 0.1) is 13.8 Å². The third kappa shape index (κ3) is 5.20. The Balaban J connectivity index is 1.47. The van der Waals surface area contributed by atoms with Crippen LogP contribution in [0.4, 0.5) is 0 Å². The zero-order valence-corrected chi connectivity index (χ0v) is 17.3. The van der Waals surface area contributed by atoms with Crippen LogP contribution in [0.1, 0.15) is 36.0 Å². The monoisotopic (exact) mass is 400 g/mol. The molecule has 1 N–H and O–H groups in total. The molecule has 0 bridgehead atoms. The molecule has 0 spiro atoms. The first kappa shape index (κ1) is 20.6. The van der Waals surface area contributed by atoms with Crippen molar-refractivity contribution < 1.29 is 13.2 Å². The Labute approximate surface area is 167 Å². The number of amides is 1. The van der Waals surface area contributed by atoms with Crippen molar-refractivity contribution >= 4 is 15.9 Å². The summed E-state index contributed by atoms with van der Waals surface area (Å²) in [5, 5.41) is 3.06. The Morgan fingerprint density at radius 3 is 2.07 bits per heavy atom. The molecule has 1 fully saturated rings. The van der Waals surface area contributed by atoms with Crippen LogP contribution in [0.5, 0.6) is 0 Å². The molecule has 0 aromatic heterocycles. The van der Waals surface area contributed by atoms with Crippen molar-refractivity contribution in [2.75, 3.05) is 13.1 Å². The lowest BCUT2D eigenvalue weighted by Crippen LogP contribution is -2.46. The van der Waals surface area contributed by atoms with Gasteiger partial charge in [0.05, 0.1) is 4.90 Å². The van der Waals surface area contributed by atoms with Crippen LogP contribution < -0.4 is 5.32 Å². The second-order valence-electron chi connectivity index (χ2n) is 7.54. The van der Waals surface area contributed by atoms with Crippen molar-refractivity contribution in [1.29, 1.82) is 0 Å². The number of carbonyl (C=O) groups excluding carboxylic acids is 1. The van der Waals surface area contributed by atoms with E-state index >= 15 is 0 Å². The molecule has 5 nitrogen and oxygen atoms in total. The summed E-state index contributed by atoms with van der Waals surface area (Å²) in [6.45, 7) is 4.84. The van der Waals surface area contributed by atoms with E-state index in [0.717, 1.165) is 11.1 Å². The second-order valence-corrected chi connectivity index (χ2v) is 9.48. The van der Waals surface area contributed by atoms with Crippen molar-refractivity contribution in [1.82, 2.24) is 9.62 Å². The van der Waals surface area contributed by atoms with Gasteiger partial charge in [-0.05, 0) is 50.8 Å². The van der Waals surface area contributed by atoms with E-state index in [4.69, 9.17) is 0 Å². The van der Waals surface area contributed by atoms with Crippen LogP contribution in [-0.2, 0) is 21.2 Å². The van der Waals surface area contributed by atoms with Gasteiger partial charge < -0.3 is 5.32 Å². The van der Waals surface area contributed by atoms with E-state index in [9.17, 15) is 13.2 Å². The molecule has 6 heteroatoms.